The topological polar surface area (TPSA) is 53.2 Å². The van der Waals surface area contributed by atoms with Gasteiger partial charge in [-0.15, -0.1) is 0 Å². The van der Waals surface area contributed by atoms with Gasteiger partial charge in [-0.3, -0.25) is 9.59 Å². The lowest BCUT2D eigenvalue weighted by atomic mass is 9.99. The largest absolute Gasteiger partial charge is 0.334 e. The molecule has 1 fully saturated rings. The molecular formula is C16H18N2O2S. The van der Waals surface area contributed by atoms with Crippen LogP contribution in [0, 0.1) is 6.92 Å². The predicted octanol–water partition coefficient (Wildman–Crippen LogP) is 2.59. The molecule has 1 aromatic heterocycles. The van der Waals surface area contributed by atoms with Crippen molar-refractivity contribution in [1.82, 2.24) is 9.88 Å². The number of aromatic amines is 1. The van der Waals surface area contributed by atoms with Crippen LogP contribution in [0.5, 0.6) is 0 Å². The van der Waals surface area contributed by atoms with E-state index in [-0.39, 0.29) is 16.8 Å². The monoisotopic (exact) mass is 302 g/mol. The van der Waals surface area contributed by atoms with Gasteiger partial charge in [0, 0.05) is 18.0 Å². The predicted molar refractivity (Wildman–Crippen MR) is 83.9 cm³/mol. The Hall–Kier alpha value is -1.88. The van der Waals surface area contributed by atoms with E-state index in [0.29, 0.717) is 5.69 Å². The normalized spacial score (nSPS) is 18.1. The van der Waals surface area contributed by atoms with E-state index < -0.39 is 0 Å². The van der Waals surface area contributed by atoms with E-state index >= 15 is 0 Å². The average Bonchev–Trinajstić information content (AvgIpc) is 3.10. The lowest BCUT2D eigenvalue weighted by Crippen LogP contribution is -2.37. The Morgan fingerprint density at radius 3 is 2.95 bits per heavy atom. The van der Waals surface area contributed by atoms with Gasteiger partial charge in [-0.1, -0.05) is 35.6 Å². The van der Waals surface area contributed by atoms with Gasteiger partial charge in [0.1, 0.15) is 5.69 Å². The molecule has 0 radical (unpaired) electrons. The van der Waals surface area contributed by atoms with Crippen molar-refractivity contribution in [1.29, 1.82) is 0 Å². The molecule has 1 aliphatic rings. The Morgan fingerprint density at radius 1 is 1.43 bits per heavy atom. The van der Waals surface area contributed by atoms with Gasteiger partial charge in [-0.25, -0.2) is 0 Å². The molecule has 0 aliphatic carbocycles. The molecule has 110 valence electrons. The standard InChI is InChI=1S/C16H18N2O2S/c1-11-5-2-3-6-12(11)9-13-7-4-8-18(13)15(19)14-10-21-16(20)17-14/h2-3,5-6,10,13H,4,7-9H2,1H3,(H,17,20). The van der Waals surface area contributed by atoms with Gasteiger partial charge in [0.2, 0.25) is 0 Å². The van der Waals surface area contributed by atoms with Crippen LogP contribution >= 0.6 is 11.3 Å². The number of rotatable bonds is 3. The van der Waals surface area contributed by atoms with E-state index in [2.05, 4.69) is 24.0 Å². The van der Waals surface area contributed by atoms with E-state index in [0.717, 1.165) is 37.1 Å². The Bertz CT molecular complexity index is 704. The van der Waals surface area contributed by atoms with Crippen molar-refractivity contribution in [3.8, 4) is 0 Å². The molecule has 0 bridgehead atoms. The minimum absolute atomic E-state index is 0.0514. The summed E-state index contributed by atoms with van der Waals surface area (Å²) in [7, 11) is 0. The number of nitrogens with one attached hydrogen (secondary N) is 1. The Kier molecular flexibility index (Phi) is 3.92. The number of hydrogen-bond donors (Lipinski definition) is 1. The lowest BCUT2D eigenvalue weighted by Gasteiger charge is -2.24. The molecule has 1 unspecified atom stereocenters. The number of hydrogen-bond acceptors (Lipinski definition) is 3. The minimum atomic E-state index is -0.173. The smallest absolute Gasteiger partial charge is 0.305 e. The zero-order valence-corrected chi connectivity index (χ0v) is 12.8. The average molecular weight is 302 g/mol. The highest BCUT2D eigenvalue weighted by Crippen LogP contribution is 2.24. The van der Waals surface area contributed by atoms with Crippen molar-refractivity contribution in [2.24, 2.45) is 0 Å². The maximum atomic E-state index is 12.5. The van der Waals surface area contributed by atoms with E-state index in [9.17, 15) is 9.59 Å². The van der Waals surface area contributed by atoms with Crippen LogP contribution in [0.3, 0.4) is 0 Å². The van der Waals surface area contributed by atoms with Gasteiger partial charge in [-0.2, -0.15) is 0 Å². The van der Waals surface area contributed by atoms with Gasteiger partial charge in [-0.05, 0) is 37.3 Å². The fraction of sp³-hybridized carbons (Fsp3) is 0.375. The molecule has 21 heavy (non-hydrogen) atoms. The number of carbonyl (C=O) groups is 1. The van der Waals surface area contributed by atoms with Crippen LogP contribution in [0.25, 0.3) is 0 Å². The summed E-state index contributed by atoms with van der Waals surface area (Å²) in [5.74, 6) is -0.0514. The van der Waals surface area contributed by atoms with Gasteiger partial charge in [0.05, 0.1) is 0 Å². The first-order valence-electron chi connectivity index (χ1n) is 7.18. The molecule has 2 heterocycles. The third kappa shape index (κ3) is 2.93. The molecule has 1 amide bonds. The van der Waals surface area contributed by atoms with Crippen LogP contribution in [0.2, 0.25) is 0 Å². The molecule has 1 aliphatic heterocycles. The second kappa shape index (κ2) is 5.85. The van der Waals surface area contributed by atoms with Crippen LogP contribution < -0.4 is 4.87 Å². The SMILES string of the molecule is Cc1ccccc1CC1CCCN1C(=O)c1csc(=O)[nH]1. The van der Waals surface area contributed by atoms with Crippen LogP contribution in [0.15, 0.2) is 34.4 Å². The molecule has 1 saturated heterocycles. The minimum Gasteiger partial charge on any atom is -0.334 e. The van der Waals surface area contributed by atoms with Gasteiger partial charge in [0.25, 0.3) is 5.91 Å². The summed E-state index contributed by atoms with van der Waals surface area (Å²) in [6.45, 7) is 2.88. The molecule has 1 aromatic carbocycles. The third-order valence-electron chi connectivity index (χ3n) is 4.11. The molecule has 1 N–H and O–H groups in total. The number of H-pyrrole nitrogens is 1. The third-order valence-corrected chi connectivity index (χ3v) is 4.78. The number of thiazole rings is 1. The second-order valence-corrected chi connectivity index (χ2v) is 6.33. The number of benzene rings is 1. The molecule has 0 saturated carbocycles. The molecule has 5 heteroatoms. The Morgan fingerprint density at radius 2 is 2.24 bits per heavy atom. The molecular weight excluding hydrogens is 284 g/mol. The number of carbonyl (C=O) groups excluding carboxylic acids is 1. The van der Waals surface area contributed by atoms with Gasteiger partial charge >= 0.3 is 4.87 Å². The quantitative estimate of drug-likeness (QED) is 0.947. The molecule has 3 rings (SSSR count). The summed E-state index contributed by atoms with van der Waals surface area (Å²) in [5.41, 5.74) is 2.98. The van der Waals surface area contributed by atoms with Crippen molar-refractivity contribution in [3.05, 3.63) is 56.1 Å². The van der Waals surface area contributed by atoms with Crippen LogP contribution in [-0.2, 0) is 6.42 Å². The van der Waals surface area contributed by atoms with Crippen molar-refractivity contribution in [2.45, 2.75) is 32.2 Å². The highest BCUT2D eigenvalue weighted by Gasteiger charge is 2.30. The van der Waals surface area contributed by atoms with E-state index in [1.165, 1.54) is 11.1 Å². The van der Waals surface area contributed by atoms with E-state index in [1.54, 1.807) is 5.38 Å². The number of nitrogens with zero attached hydrogens (tertiary/aromatic N) is 1. The first-order valence-corrected chi connectivity index (χ1v) is 8.06. The summed E-state index contributed by atoms with van der Waals surface area (Å²) in [5, 5.41) is 1.62. The number of aryl methyl sites for hydroxylation is 1. The summed E-state index contributed by atoms with van der Waals surface area (Å²) in [6.07, 6.45) is 2.93. The fourth-order valence-corrected chi connectivity index (χ4v) is 3.50. The number of amides is 1. The van der Waals surface area contributed by atoms with E-state index in [1.807, 2.05) is 17.0 Å². The Balaban J connectivity index is 1.78. The first kappa shape index (κ1) is 14.1. The van der Waals surface area contributed by atoms with Crippen molar-refractivity contribution < 1.29 is 4.79 Å². The van der Waals surface area contributed by atoms with Crippen molar-refractivity contribution in [2.75, 3.05) is 6.54 Å². The number of likely N-dealkylation sites (tertiary alicyclic amines) is 1. The van der Waals surface area contributed by atoms with Crippen molar-refractivity contribution in [3.63, 3.8) is 0 Å². The highest BCUT2D eigenvalue weighted by atomic mass is 32.1. The van der Waals surface area contributed by atoms with Crippen LogP contribution in [-0.4, -0.2) is 28.4 Å². The van der Waals surface area contributed by atoms with Gasteiger partial charge < -0.3 is 9.88 Å². The van der Waals surface area contributed by atoms with E-state index in [4.69, 9.17) is 0 Å². The summed E-state index contributed by atoms with van der Waals surface area (Å²) in [4.78, 5) is 28.1. The molecule has 2 aromatic rings. The lowest BCUT2D eigenvalue weighted by molar-refractivity contribution is 0.0731. The second-order valence-electron chi connectivity index (χ2n) is 5.49. The van der Waals surface area contributed by atoms with Crippen LogP contribution in [0.4, 0.5) is 0 Å². The zero-order chi connectivity index (χ0) is 14.8. The molecule has 0 spiro atoms. The van der Waals surface area contributed by atoms with Gasteiger partial charge in [0.15, 0.2) is 0 Å². The maximum absolute atomic E-state index is 12.5. The van der Waals surface area contributed by atoms with Crippen LogP contribution in [0.1, 0.15) is 34.5 Å². The summed E-state index contributed by atoms with van der Waals surface area (Å²) < 4.78 is 0. The molecule has 4 nitrogen and oxygen atoms in total. The zero-order valence-electron chi connectivity index (χ0n) is 12.0. The summed E-state index contributed by atoms with van der Waals surface area (Å²) in [6, 6.07) is 8.53. The molecule has 1 atom stereocenters. The van der Waals surface area contributed by atoms with Crippen molar-refractivity contribution >= 4 is 17.2 Å². The number of aromatic nitrogens is 1. The first-order chi connectivity index (χ1) is 10.1. The highest BCUT2D eigenvalue weighted by molar-refractivity contribution is 7.07. The fourth-order valence-electron chi connectivity index (χ4n) is 2.95. The maximum Gasteiger partial charge on any atom is 0.305 e. The Labute approximate surface area is 127 Å². The summed E-state index contributed by atoms with van der Waals surface area (Å²) >= 11 is 1.04.